The van der Waals surface area contributed by atoms with Gasteiger partial charge in [0.2, 0.25) is 10.0 Å². The number of sulfonamides is 1. The van der Waals surface area contributed by atoms with Crippen molar-refractivity contribution in [3.05, 3.63) is 58.0 Å². The van der Waals surface area contributed by atoms with Gasteiger partial charge in [-0.1, -0.05) is 12.5 Å². The molecule has 0 saturated carbocycles. The van der Waals surface area contributed by atoms with E-state index in [1.165, 1.54) is 10.4 Å². The largest absolute Gasteiger partial charge is 0.323 e. The van der Waals surface area contributed by atoms with Crippen LogP contribution in [0.2, 0.25) is 0 Å². The summed E-state index contributed by atoms with van der Waals surface area (Å²) >= 11 is 0. The summed E-state index contributed by atoms with van der Waals surface area (Å²) in [6, 6.07) is 9.61. The number of rotatable bonds is 4. The molecule has 1 aliphatic heterocycles. The van der Waals surface area contributed by atoms with Crippen molar-refractivity contribution in [1.82, 2.24) is 14.3 Å². The van der Waals surface area contributed by atoms with Crippen LogP contribution in [0.15, 0.2) is 46.1 Å². The third-order valence-corrected chi connectivity index (χ3v) is 7.59. The number of amides is 1. The first-order valence-electron chi connectivity index (χ1n) is 9.91. The van der Waals surface area contributed by atoms with Gasteiger partial charge in [-0.2, -0.15) is 4.31 Å². The molecule has 8 nitrogen and oxygen atoms in total. The third-order valence-electron chi connectivity index (χ3n) is 5.58. The molecule has 1 atom stereocenters. The number of carbonyl (C=O) groups is 1. The van der Waals surface area contributed by atoms with Crippen LogP contribution < -0.4 is 11.0 Å². The van der Waals surface area contributed by atoms with E-state index in [1.54, 1.807) is 37.3 Å². The highest BCUT2D eigenvalue weighted by atomic mass is 32.2. The molecule has 4 rings (SSSR count). The van der Waals surface area contributed by atoms with E-state index in [4.69, 9.17) is 0 Å². The molecule has 0 aliphatic carbocycles. The van der Waals surface area contributed by atoms with Crippen LogP contribution in [0, 0.1) is 6.92 Å². The number of piperidine rings is 1. The van der Waals surface area contributed by atoms with Gasteiger partial charge in [-0.25, -0.2) is 13.2 Å². The van der Waals surface area contributed by atoms with Crippen molar-refractivity contribution in [2.45, 2.75) is 44.0 Å². The predicted molar refractivity (Wildman–Crippen MR) is 115 cm³/mol. The molecule has 1 saturated heterocycles. The van der Waals surface area contributed by atoms with Gasteiger partial charge in [-0.15, -0.1) is 0 Å². The topological polar surface area (TPSA) is 115 Å². The van der Waals surface area contributed by atoms with Gasteiger partial charge in [-0.05, 0) is 62.6 Å². The molecule has 158 valence electrons. The second-order valence-electron chi connectivity index (χ2n) is 7.73. The number of nitrogens with one attached hydrogen (secondary N) is 3. The van der Waals surface area contributed by atoms with E-state index in [1.807, 2.05) is 6.92 Å². The zero-order chi connectivity index (χ0) is 21.5. The van der Waals surface area contributed by atoms with E-state index in [2.05, 4.69) is 15.3 Å². The van der Waals surface area contributed by atoms with E-state index in [9.17, 15) is 18.0 Å². The second kappa shape index (κ2) is 7.73. The lowest BCUT2D eigenvalue weighted by atomic mass is 10.1. The molecule has 0 radical (unpaired) electrons. The number of hydrogen-bond acceptors (Lipinski definition) is 4. The Hall–Kier alpha value is -2.91. The maximum absolute atomic E-state index is 13.1. The minimum Gasteiger partial charge on any atom is -0.322 e. The number of anilines is 1. The molecule has 1 aromatic heterocycles. The molecule has 3 N–H and O–H groups in total. The highest BCUT2D eigenvalue weighted by Gasteiger charge is 2.31. The smallest absolute Gasteiger partial charge is 0.322 e. The minimum atomic E-state index is -3.67. The molecule has 9 heteroatoms. The number of aromatic nitrogens is 2. The summed E-state index contributed by atoms with van der Waals surface area (Å²) in [5.74, 6) is -0.409. The van der Waals surface area contributed by atoms with Gasteiger partial charge in [-0.3, -0.25) is 4.79 Å². The second-order valence-corrected chi connectivity index (χ2v) is 9.62. The molecule has 0 bridgehead atoms. The van der Waals surface area contributed by atoms with Gasteiger partial charge in [0.25, 0.3) is 5.91 Å². The lowest BCUT2D eigenvalue weighted by Crippen LogP contribution is -2.42. The number of fused-ring (bicyclic) bond motifs is 1. The van der Waals surface area contributed by atoms with Crippen LogP contribution in [0.4, 0.5) is 5.69 Å². The highest BCUT2D eigenvalue weighted by Crippen LogP contribution is 2.27. The van der Waals surface area contributed by atoms with Crippen molar-refractivity contribution >= 4 is 32.7 Å². The molecular weight excluding hydrogens is 404 g/mol. The first kappa shape index (κ1) is 20.4. The van der Waals surface area contributed by atoms with Crippen molar-refractivity contribution < 1.29 is 13.2 Å². The zero-order valence-electron chi connectivity index (χ0n) is 16.9. The van der Waals surface area contributed by atoms with Crippen molar-refractivity contribution in [3.8, 4) is 0 Å². The maximum Gasteiger partial charge on any atom is 0.323 e. The summed E-state index contributed by atoms with van der Waals surface area (Å²) in [5.41, 5.74) is 2.36. The molecule has 1 unspecified atom stereocenters. The van der Waals surface area contributed by atoms with Crippen molar-refractivity contribution in [3.63, 3.8) is 0 Å². The van der Waals surface area contributed by atoms with Crippen LogP contribution in [0.1, 0.15) is 42.1 Å². The Morgan fingerprint density at radius 1 is 1.10 bits per heavy atom. The Kier molecular flexibility index (Phi) is 5.25. The van der Waals surface area contributed by atoms with Gasteiger partial charge in [0.15, 0.2) is 0 Å². The SMILES string of the molecule is Cc1ccc(S(=O)(=O)N2CCCCC2C)cc1C(=O)Nc1ccc2[nH]c(=O)[nH]c2c1. The number of benzene rings is 2. The van der Waals surface area contributed by atoms with Gasteiger partial charge < -0.3 is 15.3 Å². The Morgan fingerprint density at radius 3 is 2.63 bits per heavy atom. The number of carbonyl (C=O) groups excluding carboxylic acids is 1. The number of hydrogen-bond donors (Lipinski definition) is 3. The lowest BCUT2D eigenvalue weighted by molar-refractivity contribution is 0.102. The third kappa shape index (κ3) is 3.78. The molecule has 1 aliphatic rings. The minimum absolute atomic E-state index is 0.0578. The van der Waals surface area contributed by atoms with Crippen molar-refractivity contribution in [1.29, 1.82) is 0 Å². The Labute approximate surface area is 174 Å². The molecule has 2 heterocycles. The van der Waals surface area contributed by atoms with Gasteiger partial charge in [0.05, 0.1) is 15.9 Å². The summed E-state index contributed by atoms with van der Waals surface area (Å²) in [7, 11) is -3.67. The van der Waals surface area contributed by atoms with Crippen LogP contribution >= 0.6 is 0 Å². The average molecular weight is 429 g/mol. The van der Waals surface area contributed by atoms with E-state index >= 15 is 0 Å². The standard InChI is InChI=1S/C21H24N4O4S/c1-13-6-8-16(30(28,29)25-10-4-3-5-14(25)2)12-17(13)20(26)22-15-7-9-18-19(11-15)24-21(27)23-18/h6-9,11-12,14H,3-5,10H2,1-2H3,(H,22,26)(H2,23,24,27). The Balaban J connectivity index is 1.63. The fourth-order valence-electron chi connectivity index (χ4n) is 3.88. The molecule has 30 heavy (non-hydrogen) atoms. The average Bonchev–Trinajstić information content (AvgIpc) is 3.07. The van der Waals surface area contributed by atoms with Crippen LogP contribution in [-0.2, 0) is 10.0 Å². The van der Waals surface area contributed by atoms with E-state index in [0.29, 0.717) is 34.4 Å². The molecular formula is C21H24N4O4S. The highest BCUT2D eigenvalue weighted by molar-refractivity contribution is 7.89. The summed E-state index contributed by atoms with van der Waals surface area (Å²) in [6.07, 6.45) is 2.69. The number of H-pyrrole nitrogens is 2. The van der Waals surface area contributed by atoms with E-state index < -0.39 is 15.9 Å². The van der Waals surface area contributed by atoms with E-state index in [-0.39, 0.29) is 16.6 Å². The Bertz CT molecular complexity index is 1280. The fraction of sp³-hybridized carbons (Fsp3) is 0.333. The van der Waals surface area contributed by atoms with Gasteiger partial charge in [0, 0.05) is 23.8 Å². The molecule has 1 amide bonds. The number of nitrogens with zero attached hydrogens (tertiary/aromatic N) is 1. The van der Waals surface area contributed by atoms with Crippen LogP contribution in [-0.4, -0.2) is 41.2 Å². The van der Waals surface area contributed by atoms with Crippen molar-refractivity contribution in [2.75, 3.05) is 11.9 Å². The number of aromatic amines is 2. The fourth-order valence-corrected chi connectivity index (χ4v) is 5.61. The van der Waals surface area contributed by atoms with Crippen molar-refractivity contribution in [2.24, 2.45) is 0 Å². The summed E-state index contributed by atoms with van der Waals surface area (Å²) in [5, 5.41) is 2.78. The monoisotopic (exact) mass is 428 g/mol. The zero-order valence-corrected chi connectivity index (χ0v) is 17.7. The first-order chi connectivity index (χ1) is 14.3. The van der Waals surface area contributed by atoms with Crippen LogP contribution in [0.3, 0.4) is 0 Å². The van der Waals surface area contributed by atoms with Crippen LogP contribution in [0.5, 0.6) is 0 Å². The summed E-state index contributed by atoms with van der Waals surface area (Å²) in [4.78, 5) is 29.7. The van der Waals surface area contributed by atoms with Crippen LogP contribution in [0.25, 0.3) is 11.0 Å². The predicted octanol–water partition coefficient (Wildman–Crippen LogP) is 2.98. The normalized spacial score (nSPS) is 17.9. The maximum atomic E-state index is 13.1. The first-order valence-corrected chi connectivity index (χ1v) is 11.4. The molecule has 0 spiro atoms. The molecule has 3 aromatic rings. The summed E-state index contributed by atoms with van der Waals surface area (Å²) in [6.45, 7) is 4.18. The quantitative estimate of drug-likeness (QED) is 0.592. The number of aryl methyl sites for hydroxylation is 1. The van der Waals surface area contributed by atoms with Gasteiger partial charge >= 0.3 is 5.69 Å². The van der Waals surface area contributed by atoms with Gasteiger partial charge in [0.1, 0.15) is 0 Å². The number of imidazole rings is 1. The summed E-state index contributed by atoms with van der Waals surface area (Å²) < 4.78 is 27.8. The van der Waals surface area contributed by atoms with E-state index in [0.717, 1.165) is 19.3 Å². The molecule has 2 aromatic carbocycles. The lowest BCUT2D eigenvalue weighted by Gasteiger charge is -2.32. The molecule has 1 fully saturated rings. The Morgan fingerprint density at radius 2 is 1.87 bits per heavy atom.